The van der Waals surface area contributed by atoms with Crippen molar-refractivity contribution in [3.8, 4) is 0 Å². The molecule has 1 saturated heterocycles. The van der Waals surface area contributed by atoms with Gasteiger partial charge >= 0.3 is 5.97 Å². The number of carbonyl (C=O) groups excluding carboxylic acids is 1. The number of methoxy groups -OCH3 is 1. The molecule has 0 aliphatic carbocycles. The summed E-state index contributed by atoms with van der Waals surface area (Å²) in [7, 11) is 1.40. The summed E-state index contributed by atoms with van der Waals surface area (Å²) in [5, 5.41) is 10.2. The Morgan fingerprint density at radius 3 is 2.87 bits per heavy atom. The van der Waals surface area contributed by atoms with Crippen LogP contribution in [0.1, 0.15) is 26.2 Å². The van der Waals surface area contributed by atoms with Crippen molar-refractivity contribution in [1.29, 1.82) is 0 Å². The number of guanidine groups is 1. The SMILES string of the molecule is CCNC(=NCCC(=O)OC)NC1CCN(c2cccs2)CC1. The van der Waals surface area contributed by atoms with Crippen LogP contribution in [-0.4, -0.2) is 51.3 Å². The fourth-order valence-corrected chi connectivity index (χ4v) is 3.35. The van der Waals surface area contributed by atoms with E-state index in [4.69, 9.17) is 0 Å². The number of piperidine rings is 1. The van der Waals surface area contributed by atoms with E-state index < -0.39 is 0 Å². The van der Waals surface area contributed by atoms with E-state index >= 15 is 0 Å². The van der Waals surface area contributed by atoms with Crippen molar-refractivity contribution in [2.75, 3.05) is 38.2 Å². The summed E-state index contributed by atoms with van der Waals surface area (Å²) in [5.74, 6) is 0.555. The van der Waals surface area contributed by atoms with Crippen LogP contribution in [0.25, 0.3) is 0 Å². The normalized spacial score (nSPS) is 16.3. The third-order valence-electron chi connectivity index (χ3n) is 3.81. The van der Waals surface area contributed by atoms with Gasteiger partial charge in [-0.05, 0) is 37.3 Å². The van der Waals surface area contributed by atoms with Crippen molar-refractivity contribution in [3.05, 3.63) is 17.5 Å². The minimum atomic E-state index is -0.228. The predicted molar refractivity (Wildman–Crippen MR) is 95.3 cm³/mol. The Bertz CT molecular complexity index is 496. The highest BCUT2D eigenvalue weighted by atomic mass is 32.1. The molecule has 2 heterocycles. The lowest BCUT2D eigenvalue weighted by molar-refractivity contribution is -0.140. The molecule has 2 rings (SSSR count). The first-order chi connectivity index (χ1) is 11.2. The van der Waals surface area contributed by atoms with Crippen LogP contribution in [0.3, 0.4) is 0 Å². The topological polar surface area (TPSA) is 66.0 Å². The number of nitrogens with one attached hydrogen (secondary N) is 2. The highest BCUT2D eigenvalue weighted by molar-refractivity contribution is 7.14. The smallest absolute Gasteiger partial charge is 0.307 e. The fraction of sp³-hybridized carbons (Fsp3) is 0.625. The summed E-state index contributed by atoms with van der Waals surface area (Å²) in [5.41, 5.74) is 0. The lowest BCUT2D eigenvalue weighted by Gasteiger charge is -2.33. The fourth-order valence-electron chi connectivity index (χ4n) is 2.57. The van der Waals surface area contributed by atoms with Gasteiger partial charge in [0.25, 0.3) is 0 Å². The van der Waals surface area contributed by atoms with Crippen molar-refractivity contribution < 1.29 is 9.53 Å². The molecule has 0 unspecified atom stereocenters. The number of ether oxygens (including phenoxy) is 1. The van der Waals surface area contributed by atoms with Crippen LogP contribution < -0.4 is 15.5 Å². The lowest BCUT2D eigenvalue weighted by atomic mass is 10.1. The molecule has 6 nitrogen and oxygen atoms in total. The number of thiophene rings is 1. The molecule has 1 aromatic rings. The molecule has 1 aliphatic heterocycles. The standard InChI is InChI=1S/C16H26N4O2S/c1-3-17-16(18-9-6-15(21)22-2)19-13-7-10-20(11-8-13)14-5-4-12-23-14/h4-5,12-13H,3,6-11H2,1-2H3,(H2,17,18,19). The third kappa shape index (κ3) is 5.74. The van der Waals surface area contributed by atoms with Crippen LogP contribution >= 0.6 is 11.3 Å². The Hall–Kier alpha value is -1.76. The van der Waals surface area contributed by atoms with Crippen LogP contribution in [0.2, 0.25) is 0 Å². The van der Waals surface area contributed by atoms with Crippen molar-refractivity contribution in [2.24, 2.45) is 4.99 Å². The predicted octanol–water partition coefficient (Wildman–Crippen LogP) is 1.84. The first kappa shape index (κ1) is 17.6. The molecule has 1 aromatic heterocycles. The quantitative estimate of drug-likeness (QED) is 0.471. The number of esters is 1. The number of hydrogen-bond acceptors (Lipinski definition) is 5. The van der Waals surface area contributed by atoms with Gasteiger partial charge in [0.05, 0.1) is 25.1 Å². The average molecular weight is 338 g/mol. The molecule has 0 spiro atoms. The molecule has 7 heteroatoms. The second-order valence-electron chi connectivity index (χ2n) is 5.44. The van der Waals surface area contributed by atoms with Crippen LogP contribution in [-0.2, 0) is 9.53 Å². The van der Waals surface area contributed by atoms with Crippen molar-refractivity contribution in [1.82, 2.24) is 10.6 Å². The second-order valence-corrected chi connectivity index (χ2v) is 6.37. The third-order valence-corrected chi connectivity index (χ3v) is 4.74. The highest BCUT2D eigenvalue weighted by Gasteiger charge is 2.20. The van der Waals surface area contributed by atoms with Crippen molar-refractivity contribution in [3.63, 3.8) is 0 Å². The van der Waals surface area contributed by atoms with E-state index in [2.05, 4.69) is 42.8 Å². The number of rotatable bonds is 6. The molecule has 23 heavy (non-hydrogen) atoms. The molecule has 128 valence electrons. The second kappa shape index (κ2) is 9.39. The molecular weight excluding hydrogens is 312 g/mol. The van der Waals surface area contributed by atoms with Gasteiger partial charge in [-0.1, -0.05) is 0 Å². The van der Waals surface area contributed by atoms with E-state index in [1.54, 1.807) is 11.3 Å². The largest absolute Gasteiger partial charge is 0.469 e. The van der Waals surface area contributed by atoms with Gasteiger partial charge in [0.2, 0.25) is 0 Å². The zero-order chi connectivity index (χ0) is 16.5. The lowest BCUT2D eigenvalue weighted by Crippen LogP contribution is -2.48. The van der Waals surface area contributed by atoms with E-state index in [1.807, 2.05) is 6.92 Å². The maximum atomic E-state index is 11.2. The summed E-state index contributed by atoms with van der Waals surface area (Å²) < 4.78 is 4.64. The number of nitrogens with zero attached hydrogens (tertiary/aromatic N) is 2. The zero-order valence-electron chi connectivity index (χ0n) is 13.9. The summed E-state index contributed by atoms with van der Waals surface area (Å²) in [6.07, 6.45) is 2.47. The van der Waals surface area contributed by atoms with Crippen LogP contribution in [0.5, 0.6) is 0 Å². The van der Waals surface area contributed by atoms with E-state index in [0.29, 0.717) is 19.0 Å². The van der Waals surface area contributed by atoms with E-state index in [-0.39, 0.29) is 5.97 Å². The summed E-state index contributed by atoms with van der Waals surface area (Å²) in [6, 6.07) is 4.69. The van der Waals surface area contributed by atoms with E-state index in [9.17, 15) is 4.79 Å². The molecule has 0 bridgehead atoms. The van der Waals surface area contributed by atoms with E-state index in [0.717, 1.165) is 38.4 Å². The first-order valence-electron chi connectivity index (χ1n) is 8.13. The van der Waals surface area contributed by atoms with Crippen molar-refractivity contribution >= 4 is 28.3 Å². The van der Waals surface area contributed by atoms with E-state index in [1.165, 1.54) is 12.1 Å². The summed E-state index contributed by atoms with van der Waals surface area (Å²) >= 11 is 1.79. The Labute approximate surface area is 141 Å². The van der Waals surface area contributed by atoms with Gasteiger partial charge in [0, 0.05) is 25.7 Å². The van der Waals surface area contributed by atoms with Gasteiger partial charge in [-0.2, -0.15) is 0 Å². The minimum Gasteiger partial charge on any atom is -0.469 e. The van der Waals surface area contributed by atoms with Gasteiger partial charge < -0.3 is 20.3 Å². The van der Waals surface area contributed by atoms with Crippen LogP contribution in [0.4, 0.5) is 5.00 Å². The minimum absolute atomic E-state index is 0.228. The Morgan fingerprint density at radius 2 is 2.26 bits per heavy atom. The number of anilines is 1. The number of aliphatic imine (C=N–C) groups is 1. The number of carbonyl (C=O) groups is 1. The molecule has 0 radical (unpaired) electrons. The molecule has 1 fully saturated rings. The van der Waals surface area contributed by atoms with Gasteiger partial charge in [-0.15, -0.1) is 11.3 Å². The molecule has 1 aliphatic rings. The maximum Gasteiger partial charge on any atom is 0.307 e. The highest BCUT2D eigenvalue weighted by Crippen LogP contribution is 2.24. The Morgan fingerprint density at radius 1 is 1.48 bits per heavy atom. The molecule has 0 atom stereocenters. The molecule has 0 amide bonds. The Kier molecular flexibility index (Phi) is 7.19. The van der Waals surface area contributed by atoms with Crippen LogP contribution in [0, 0.1) is 0 Å². The maximum absolute atomic E-state index is 11.2. The van der Waals surface area contributed by atoms with Gasteiger partial charge in [-0.3, -0.25) is 9.79 Å². The average Bonchev–Trinajstić information content (AvgIpc) is 3.10. The summed E-state index contributed by atoms with van der Waals surface area (Å²) in [6.45, 7) is 5.39. The Balaban J connectivity index is 1.79. The van der Waals surface area contributed by atoms with Gasteiger partial charge in [-0.25, -0.2) is 0 Å². The molecule has 0 aromatic carbocycles. The van der Waals surface area contributed by atoms with Gasteiger partial charge in [0.15, 0.2) is 5.96 Å². The molecular formula is C16H26N4O2S. The molecule has 0 saturated carbocycles. The summed E-state index contributed by atoms with van der Waals surface area (Å²) in [4.78, 5) is 18.0. The first-order valence-corrected chi connectivity index (χ1v) is 9.01. The van der Waals surface area contributed by atoms with Gasteiger partial charge in [0.1, 0.15) is 0 Å². The monoisotopic (exact) mass is 338 g/mol. The van der Waals surface area contributed by atoms with Crippen molar-refractivity contribution in [2.45, 2.75) is 32.2 Å². The number of hydrogen-bond donors (Lipinski definition) is 2. The zero-order valence-corrected chi connectivity index (χ0v) is 14.7. The van der Waals surface area contributed by atoms with Crippen LogP contribution in [0.15, 0.2) is 22.5 Å². The molecule has 2 N–H and O–H groups in total.